The fourth-order valence-electron chi connectivity index (χ4n) is 2.00. The fourth-order valence-corrected chi connectivity index (χ4v) is 2.00. The van der Waals surface area contributed by atoms with Gasteiger partial charge in [-0.1, -0.05) is 48.5 Å². The van der Waals surface area contributed by atoms with Crippen LogP contribution in [0.3, 0.4) is 0 Å². The van der Waals surface area contributed by atoms with Crippen LogP contribution in [-0.4, -0.2) is 25.0 Å². The highest BCUT2D eigenvalue weighted by atomic mass is 15.1. The summed E-state index contributed by atoms with van der Waals surface area (Å²) in [5, 5.41) is 0. The molecule has 1 aliphatic heterocycles. The molecule has 0 aromatic carbocycles. The maximum Gasteiger partial charge on any atom is 0.000661 e. The Kier molecular flexibility index (Phi) is 12.1. The molecule has 3 unspecified atom stereocenters. The van der Waals surface area contributed by atoms with Crippen LogP contribution in [0.4, 0.5) is 0 Å². The predicted octanol–water partition coefficient (Wildman–Crippen LogP) is 4.28. The lowest BCUT2D eigenvalue weighted by atomic mass is 9.85. The van der Waals surface area contributed by atoms with Crippen molar-refractivity contribution in [1.29, 1.82) is 0 Å². The van der Waals surface area contributed by atoms with Crippen LogP contribution in [-0.2, 0) is 0 Å². The smallest absolute Gasteiger partial charge is 0.000661 e. The lowest BCUT2D eigenvalue weighted by Crippen LogP contribution is -2.24. The van der Waals surface area contributed by atoms with Crippen LogP contribution in [0.1, 0.15) is 54.9 Å². The van der Waals surface area contributed by atoms with Crippen molar-refractivity contribution in [2.45, 2.75) is 54.9 Å². The normalized spacial score (nSPS) is 31.6. The van der Waals surface area contributed by atoms with Crippen LogP contribution in [0.25, 0.3) is 0 Å². The predicted molar refractivity (Wildman–Crippen MR) is 72.3 cm³/mol. The summed E-state index contributed by atoms with van der Waals surface area (Å²) >= 11 is 0. The highest BCUT2D eigenvalue weighted by molar-refractivity contribution is 4.75. The Bertz CT molecular complexity index is 123. The van der Waals surface area contributed by atoms with E-state index < -0.39 is 0 Å². The number of hydrogen-bond acceptors (Lipinski definition) is 1. The molecule has 15 heavy (non-hydrogen) atoms. The Hall–Kier alpha value is -0.0400. The van der Waals surface area contributed by atoms with E-state index in [-0.39, 0.29) is 0 Å². The van der Waals surface area contributed by atoms with Gasteiger partial charge in [0.2, 0.25) is 0 Å². The molecular formula is C14H33N. The Morgan fingerprint density at radius 3 is 1.80 bits per heavy atom. The zero-order chi connectivity index (χ0) is 12.4. The highest BCUT2D eigenvalue weighted by Gasteiger charge is 2.23. The second-order valence-corrected chi connectivity index (χ2v) is 4.36. The van der Waals surface area contributed by atoms with E-state index in [0.29, 0.717) is 0 Å². The summed E-state index contributed by atoms with van der Waals surface area (Å²) in [4.78, 5) is 2.46. The van der Waals surface area contributed by atoms with Crippen molar-refractivity contribution in [3.05, 3.63) is 0 Å². The van der Waals surface area contributed by atoms with E-state index in [1.165, 1.54) is 19.5 Å². The first-order valence-electron chi connectivity index (χ1n) is 6.79. The van der Waals surface area contributed by atoms with Gasteiger partial charge in [-0.15, -0.1) is 0 Å². The van der Waals surface area contributed by atoms with Crippen LogP contribution in [0.2, 0.25) is 0 Å². The average molecular weight is 215 g/mol. The molecule has 1 fully saturated rings. The molecule has 0 aromatic heterocycles. The van der Waals surface area contributed by atoms with Crippen molar-refractivity contribution in [2.24, 2.45) is 17.8 Å². The van der Waals surface area contributed by atoms with Crippen LogP contribution in [0.15, 0.2) is 0 Å². The standard InChI is InChI=1S/C10H21N.2C2H6/c1-8-5-6-11(4)7-9(2)10(8)3;2*1-2/h8-10H,5-7H2,1-4H3;2*1-2H3. The second kappa shape index (κ2) is 10.5. The van der Waals surface area contributed by atoms with Gasteiger partial charge in [0.1, 0.15) is 0 Å². The summed E-state index contributed by atoms with van der Waals surface area (Å²) < 4.78 is 0. The van der Waals surface area contributed by atoms with Gasteiger partial charge in [0, 0.05) is 6.54 Å². The van der Waals surface area contributed by atoms with E-state index in [2.05, 4.69) is 32.7 Å². The van der Waals surface area contributed by atoms with Crippen LogP contribution in [0, 0.1) is 17.8 Å². The minimum atomic E-state index is 0.873. The molecule has 0 N–H and O–H groups in total. The SMILES string of the molecule is CC.CC.CC1CCN(C)CC(C)C1C. The molecule has 0 spiro atoms. The monoisotopic (exact) mass is 215 g/mol. The van der Waals surface area contributed by atoms with E-state index in [1.807, 2.05) is 27.7 Å². The van der Waals surface area contributed by atoms with Crippen LogP contribution in [0.5, 0.6) is 0 Å². The largest absolute Gasteiger partial charge is 0.306 e. The summed E-state index contributed by atoms with van der Waals surface area (Å²) in [6.45, 7) is 17.7. The Morgan fingerprint density at radius 1 is 0.867 bits per heavy atom. The van der Waals surface area contributed by atoms with Crippen molar-refractivity contribution in [1.82, 2.24) is 4.90 Å². The highest BCUT2D eigenvalue weighted by Crippen LogP contribution is 2.26. The first-order valence-corrected chi connectivity index (χ1v) is 6.79. The molecule has 0 aromatic rings. The molecule has 94 valence electrons. The maximum absolute atomic E-state index is 2.46. The molecule has 1 nitrogen and oxygen atoms in total. The minimum Gasteiger partial charge on any atom is -0.306 e. The first kappa shape index (κ1) is 17.4. The third kappa shape index (κ3) is 6.94. The van der Waals surface area contributed by atoms with E-state index in [1.54, 1.807) is 0 Å². The summed E-state index contributed by atoms with van der Waals surface area (Å²) in [6, 6.07) is 0. The molecule has 0 bridgehead atoms. The third-order valence-electron chi connectivity index (χ3n) is 3.36. The lowest BCUT2D eigenvalue weighted by molar-refractivity contribution is 0.265. The summed E-state index contributed by atoms with van der Waals surface area (Å²) in [7, 11) is 2.24. The molecule has 1 heterocycles. The Balaban J connectivity index is 0. The van der Waals surface area contributed by atoms with Gasteiger partial charge in [-0.25, -0.2) is 0 Å². The van der Waals surface area contributed by atoms with Gasteiger partial charge in [0.05, 0.1) is 0 Å². The summed E-state index contributed by atoms with van der Waals surface area (Å²) in [6.07, 6.45) is 1.38. The molecule has 1 rings (SSSR count). The van der Waals surface area contributed by atoms with Crippen LogP contribution >= 0.6 is 0 Å². The quantitative estimate of drug-likeness (QED) is 0.583. The van der Waals surface area contributed by atoms with E-state index in [4.69, 9.17) is 0 Å². The molecule has 0 aliphatic carbocycles. The van der Waals surface area contributed by atoms with Crippen molar-refractivity contribution in [3.8, 4) is 0 Å². The van der Waals surface area contributed by atoms with Gasteiger partial charge < -0.3 is 4.90 Å². The first-order chi connectivity index (χ1) is 7.11. The number of hydrogen-bond donors (Lipinski definition) is 0. The van der Waals surface area contributed by atoms with Crippen molar-refractivity contribution < 1.29 is 0 Å². The number of rotatable bonds is 0. The zero-order valence-electron chi connectivity index (χ0n) is 12.3. The average Bonchev–Trinajstić information content (AvgIpc) is 2.39. The van der Waals surface area contributed by atoms with Gasteiger partial charge >= 0.3 is 0 Å². The van der Waals surface area contributed by atoms with Gasteiger partial charge in [-0.2, -0.15) is 0 Å². The van der Waals surface area contributed by atoms with Crippen molar-refractivity contribution >= 4 is 0 Å². The molecule has 0 radical (unpaired) electrons. The molecule has 0 amide bonds. The number of likely N-dealkylation sites (tertiary alicyclic amines) is 1. The van der Waals surface area contributed by atoms with Gasteiger partial charge in [0.15, 0.2) is 0 Å². The molecular weight excluding hydrogens is 182 g/mol. The molecule has 1 saturated heterocycles. The molecule has 1 heteroatoms. The van der Waals surface area contributed by atoms with Gasteiger partial charge in [0.25, 0.3) is 0 Å². The molecule has 1 aliphatic rings. The maximum atomic E-state index is 2.46. The van der Waals surface area contributed by atoms with Gasteiger partial charge in [-0.3, -0.25) is 0 Å². The molecule has 0 saturated carbocycles. The third-order valence-corrected chi connectivity index (χ3v) is 3.36. The van der Waals surface area contributed by atoms with Crippen molar-refractivity contribution in [3.63, 3.8) is 0 Å². The van der Waals surface area contributed by atoms with E-state index in [0.717, 1.165) is 17.8 Å². The second-order valence-electron chi connectivity index (χ2n) is 4.36. The topological polar surface area (TPSA) is 3.24 Å². The van der Waals surface area contributed by atoms with Crippen LogP contribution < -0.4 is 0 Å². The van der Waals surface area contributed by atoms with E-state index >= 15 is 0 Å². The number of nitrogens with zero attached hydrogens (tertiary/aromatic N) is 1. The Morgan fingerprint density at radius 2 is 1.33 bits per heavy atom. The minimum absolute atomic E-state index is 0.873. The molecule has 3 atom stereocenters. The zero-order valence-corrected chi connectivity index (χ0v) is 12.3. The summed E-state index contributed by atoms with van der Waals surface area (Å²) in [5.74, 6) is 2.69. The summed E-state index contributed by atoms with van der Waals surface area (Å²) in [5.41, 5.74) is 0. The fraction of sp³-hybridized carbons (Fsp3) is 1.00. The van der Waals surface area contributed by atoms with Crippen molar-refractivity contribution in [2.75, 3.05) is 20.1 Å². The van der Waals surface area contributed by atoms with E-state index in [9.17, 15) is 0 Å². The Labute approximate surface area is 98.2 Å². The lowest BCUT2D eigenvalue weighted by Gasteiger charge is -2.22. The van der Waals surface area contributed by atoms with Gasteiger partial charge in [-0.05, 0) is 37.8 Å².